The molecule has 1 N–H and O–H groups in total. The minimum Gasteiger partial charge on any atom is -0.264 e. The monoisotopic (exact) mass is 247 g/mol. The molecule has 4 heteroatoms. The van der Waals surface area contributed by atoms with E-state index < -0.39 is 0 Å². The van der Waals surface area contributed by atoms with Gasteiger partial charge in [0, 0.05) is 29.6 Å². The summed E-state index contributed by atoms with van der Waals surface area (Å²) in [6.45, 7) is 1.92. The first kappa shape index (κ1) is 11.6. The van der Waals surface area contributed by atoms with E-state index >= 15 is 0 Å². The lowest BCUT2D eigenvalue weighted by molar-refractivity contribution is -0.647. The summed E-state index contributed by atoms with van der Waals surface area (Å²) in [4.78, 5) is 11.9. The van der Waals surface area contributed by atoms with Crippen LogP contribution in [0.2, 0.25) is 5.02 Å². The molecule has 0 atom stereocenters. The van der Waals surface area contributed by atoms with E-state index in [1.165, 1.54) is 0 Å². The molecule has 0 aliphatic heterocycles. The van der Waals surface area contributed by atoms with Crippen LogP contribution in [0.1, 0.15) is 16.1 Å². The van der Waals surface area contributed by atoms with Crippen molar-refractivity contribution >= 4 is 17.5 Å². The average Bonchev–Trinajstić information content (AvgIpc) is 2.33. The molecule has 3 nitrogen and oxygen atoms in total. The maximum absolute atomic E-state index is 11.9. The standard InChI is InChI=1S/C13H11ClN2O/c1-10-4-2-3-9-16(10)15-13(17)11-5-7-12(14)8-6-11/h2-9H,1H3/p+1. The summed E-state index contributed by atoms with van der Waals surface area (Å²) in [5.41, 5.74) is 4.31. The number of halogens is 1. The van der Waals surface area contributed by atoms with E-state index in [9.17, 15) is 4.79 Å². The topological polar surface area (TPSA) is 33.0 Å². The third-order valence-corrected chi connectivity index (χ3v) is 2.64. The highest BCUT2D eigenvalue weighted by molar-refractivity contribution is 6.30. The van der Waals surface area contributed by atoms with Gasteiger partial charge in [0.25, 0.3) is 0 Å². The fourth-order valence-electron chi connectivity index (χ4n) is 1.43. The van der Waals surface area contributed by atoms with Gasteiger partial charge in [0.05, 0.1) is 0 Å². The Balaban J connectivity index is 2.17. The Hall–Kier alpha value is -1.87. The lowest BCUT2D eigenvalue weighted by atomic mass is 10.2. The molecule has 1 amide bonds. The first-order chi connectivity index (χ1) is 8.16. The van der Waals surface area contributed by atoms with Crippen LogP contribution in [0.3, 0.4) is 0 Å². The molecule has 0 unspecified atom stereocenters. The van der Waals surface area contributed by atoms with Crippen LogP contribution in [0.15, 0.2) is 48.7 Å². The van der Waals surface area contributed by atoms with E-state index in [-0.39, 0.29) is 5.91 Å². The van der Waals surface area contributed by atoms with Gasteiger partial charge in [0.15, 0.2) is 6.20 Å². The highest BCUT2D eigenvalue weighted by Crippen LogP contribution is 2.09. The summed E-state index contributed by atoms with van der Waals surface area (Å²) in [5, 5.41) is 0.616. The number of aromatic nitrogens is 1. The van der Waals surface area contributed by atoms with Gasteiger partial charge in [-0.1, -0.05) is 16.3 Å². The second-order valence-corrected chi connectivity index (χ2v) is 4.10. The third-order valence-electron chi connectivity index (χ3n) is 2.39. The van der Waals surface area contributed by atoms with Crippen molar-refractivity contribution in [2.24, 2.45) is 0 Å². The van der Waals surface area contributed by atoms with E-state index in [0.29, 0.717) is 10.6 Å². The first-order valence-electron chi connectivity index (χ1n) is 5.21. The largest absolute Gasteiger partial charge is 0.305 e. The molecule has 0 saturated heterocycles. The second kappa shape index (κ2) is 4.97. The fraction of sp³-hybridized carbons (Fsp3) is 0.0769. The lowest BCUT2D eigenvalue weighted by Crippen LogP contribution is -2.50. The van der Waals surface area contributed by atoms with E-state index in [1.807, 2.05) is 25.1 Å². The van der Waals surface area contributed by atoms with Gasteiger partial charge < -0.3 is 0 Å². The third kappa shape index (κ3) is 2.82. The van der Waals surface area contributed by atoms with Crippen LogP contribution in [0.4, 0.5) is 0 Å². The summed E-state index contributed by atoms with van der Waals surface area (Å²) in [6, 6.07) is 12.5. The molecule has 1 aromatic carbocycles. The SMILES string of the molecule is Cc1cccc[n+]1NC(=O)c1ccc(Cl)cc1. The van der Waals surface area contributed by atoms with Gasteiger partial charge >= 0.3 is 5.91 Å². The normalized spacial score (nSPS) is 10.0. The van der Waals surface area contributed by atoms with Crippen molar-refractivity contribution < 1.29 is 9.47 Å². The Morgan fingerprint density at radius 2 is 1.88 bits per heavy atom. The van der Waals surface area contributed by atoms with Crippen molar-refractivity contribution in [1.29, 1.82) is 0 Å². The van der Waals surface area contributed by atoms with Crippen molar-refractivity contribution in [2.45, 2.75) is 6.92 Å². The molecular weight excluding hydrogens is 236 g/mol. The number of nitrogens with zero attached hydrogens (tertiary/aromatic N) is 1. The molecule has 2 aromatic rings. The summed E-state index contributed by atoms with van der Waals surface area (Å²) in [6.07, 6.45) is 1.79. The second-order valence-electron chi connectivity index (χ2n) is 3.66. The number of benzene rings is 1. The average molecular weight is 248 g/mol. The summed E-state index contributed by atoms with van der Waals surface area (Å²) in [5.74, 6) is -0.166. The van der Waals surface area contributed by atoms with Crippen molar-refractivity contribution in [2.75, 3.05) is 5.43 Å². The number of nitrogens with one attached hydrogen (secondary N) is 1. The Labute approximate surface area is 105 Å². The zero-order chi connectivity index (χ0) is 12.3. The lowest BCUT2D eigenvalue weighted by Gasteiger charge is -2.01. The number of hydrogen-bond donors (Lipinski definition) is 1. The predicted molar refractivity (Wildman–Crippen MR) is 66.5 cm³/mol. The van der Waals surface area contributed by atoms with E-state index in [0.717, 1.165) is 5.69 Å². The molecule has 0 aliphatic carbocycles. The Morgan fingerprint density at radius 3 is 2.53 bits per heavy atom. The first-order valence-corrected chi connectivity index (χ1v) is 5.59. The van der Waals surface area contributed by atoms with Gasteiger partial charge in [0.2, 0.25) is 5.69 Å². The number of rotatable bonds is 2. The quantitative estimate of drug-likeness (QED) is 0.812. The fourth-order valence-corrected chi connectivity index (χ4v) is 1.56. The summed E-state index contributed by atoms with van der Waals surface area (Å²) in [7, 11) is 0. The maximum Gasteiger partial charge on any atom is 0.305 e. The van der Waals surface area contributed by atoms with Crippen LogP contribution in [0.5, 0.6) is 0 Å². The molecule has 0 radical (unpaired) electrons. The van der Waals surface area contributed by atoms with Crippen molar-refractivity contribution in [3.63, 3.8) is 0 Å². The molecule has 0 bridgehead atoms. The van der Waals surface area contributed by atoms with Gasteiger partial charge in [-0.05, 0) is 30.3 Å². The van der Waals surface area contributed by atoms with E-state index in [2.05, 4.69) is 5.43 Å². The number of carbonyl (C=O) groups excluding carboxylic acids is 1. The molecular formula is C13H12ClN2O+. The molecule has 86 valence electrons. The number of pyridine rings is 1. The smallest absolute Gasteiger partial charge is 0.264 e. The summed E-state index contributed by atoms with van der Waals surface area (Å²) >= 11 is 5.76. The number of carbonyl (C=O) groups is 1. The molecule has 2 rings (SSSR count). The Morgan fingerprint density at radius 1 is 1.18 bits per heavy atom. The zero-order valence-electron chi connectivity index (χ0n) is 9.35. The van der Waals surface area contributed by atoms with E-state index in [4.69, 9.17) is 11.6 Å². The van der Waals surface area contributed by atoms with Crippen molar-refractivity contribution in [3.05, 3.63) is 64.9 Å². The Bertz CT molecular complexity index is 537. The van der Waals surface area contributed by atoms with Crippen LogP contribution in [0, 0.1) is 6.92 Å². The minimum atomic E-state index is -0.166. The predicted octanol–water partition coefficient (Wildman–Crippen LogP) is 2.32. The maximum atomic E-state index is 11.9. The number of aryl methyl sites for hydroxylation is 1. The van der Waals surface area contributed by atoms with Gasteiger partial charge in [-0.2, -0.15) is 0 Å². The van der Waals surface area contributed by atoms with Gasteiger partial charge in [-0.3, -0.25) is 4.79 Å². The van der Waals surface area contributed by atoms with Gasteiger partial charge in [0.1, 0.15) is 0 Å². The zero-order valence-corrected chi connectivity index (χ0v) is 10.1. The van der Waals surface area contributed by atoms with Gasteiger partial charge in [-0.15, -0.1) is 5.43 Å². The number of amides is 1. The van der Waals surface area contributed by atoms with Crippen molar-refractivity contribution in [3.8, 4) is 0 Å². The van der Waals surface area contributed by atoms with Crippen LogP contribution in [-0.4, -0.2) is 5.91 Å². The molecule has 1 aromatic heterocycles. The van der Waals surface area contributed by atoms with Crippen LogP contribution >= 0.6 is 11.6 Å². The molecule has 17 heavy (non-hydrogen) atoms. The number of hydrogen-bond acceptors (Lipinski definition) is 1. The summed E-state index contributed by atoms with van der Waals surface area (Å²) < 4.78 is 1.68. The van der Waals surface area contributed by atoms with Crippen LogP contribution in [-0.2, 0) is 0 Å². The highest BCUT2D eigenvalue weighted by atomic mass is 35.5. The van der Waals surface area contributed by atoms with E-state index in [1.54, 1.807) is 35.1 Å². The molecule has 0 aliphatic rings. The minimum absolute atomic E-state index is 0.166. The van der Waals surface area contributed by atoms with Crippen LogP contribution in [0.25, 0.3) is 0 Å². The van der Waals surface area contributed by atoms with Crippen molar-refractivity contribution in [1.82, 2.24) is 0 Å². The van der Waals surface area contributed by atoms with Gasteiger partial charge in [-0.25, -0.2) is 0 Å². The Kier molecular flexibility index (Phi) is 3.40. The molecule has 0 spiro atoms. The molecule has 0 fully saturated rings. The highest BCUT2D eigenvalue weighted by Gasteiger charge is 2.12. The molecule has 0 saturated carbocycles. The molecule has 1 heterocycles. The van der Waals surface area contributed by atoms with Crippen LogP contribution < -0.4 is 10.1 Å².